The molecule has 0 aliphatic rings. The highest BCUT2D eigenvalue weighted by molar-refractivity contribution is 7.98. The van der Waals surface area contributed by atoms with Gasteiger partial charge in [-0.2, -0.15) is 11.8 Å². The molecule has 0 aliphatic carbocycles. The minimum absolute atomic E-state index is 0.196. The summed E-state index contributed by atoms with van der Waals surface area (Å²) in [4.78, 5) is 11.7. The van der Waals surface area contributed by atoms with Crippen molar-refractivity contribution in [2.24, 2.45) is 0 Å². The van der Waals surface area contributed by atoms with Crippen molar-refractivity contribution in [2.75, 3.05) is 24.3 Å². The topological polar surface area (TPSA) is 55.1 Å². The second-order valence-corrected chi connectivity index (χ2v) is 4.90. The second kappa shape index (κ2) is 6.23. The average molecular weight is 279 g/mol. The molecule has 0 aliphatic heterocycles. The highest BCUT2D eigenvalue weighted by atomic mass is 35.5. The Kier molecular flexibility index (Phi) is 5.25. The molecule has 3 nitrogen and oxygen atoms in total. The van der Waals surface area contributed by atoms with Crippen LogP contribution in [0.25, 0.3) is 0 Å². The first-order valence-electron chi connectivity index (χ1n) is 4.58. The summed E-state index contributed by atoms with van der Waals surface area (Å²) in [6.07, 6.45) is 1.98. The average Bonchev–Trinajstić information content (AvgIpc) is 2.25. The number of nitrogen functional groups attached to an aromatic ring is 1. The van der Waals surface area contributed by atoms with Crippen LogP contribution in [0.3, 0.4) is 0 Å². The highest BCUT2D eigenvalue weighted by Crippen LogP contribution is 2.28. The maximum absolute atomic E-state index is 11.7. The third kappa shape index (κ3) is 3.47. The lowest BCUT2D eigenvalue weighted by Crippen LogP contribution is -2.25. The smallest absolute Gasteiger partial charge is 0.251 e. The van der Waals surface area contributed by atoms with Crippen LogP contribution in [0.15, 0.2) is 12.1 Å². The Hall–Kier alpha value is -0.580. The van der Waals surface area contributed by atoms with E-state index in [4.69, 9.17) is 28.9 Å². The predicted octanol–water partition coefficient (Wildman–Crippen LogP) is 2.67. The second-order valence-electron chi connectivity index (χ2n) is 3.10. The van der Waals surface area contributed by atoms with Crippen molar-refractivity contribution in [2.45, 2.75) is 0 Å². The molecule has 16 heavy (non-hydrogen) atoms. The molecule has 0 saturated carbocycles. The zero-order valence-corrected chi connectivity index (χ0v) is 11.0. The standard InChI is InChI=1S/C10H12Cl2N2OS/c1-16-3-2-14-10(15)6-4-7(11)9(13)8(12)5-6/h4-5H,2-3,13H2,1H3,(H,14,15). The lowest BCUT2D eigenvalue weighted by Gasteiger charge is -2.07. The number of nitrogens with two attached hydrogens (primary N) is 1. The number of anilines is 1. The van der Waals surface area contributed by atoms with Gasteiger partial charge in [-0.05, 0) is 18.4 Å². The number of carbonyl (C=O) groups excluding carboxylic acids is 1. The number of hydrogen-bond donors (Lipinski definition) is 2. The minimum Gasteiger partial charge on any atom is -0.396 e. The molecule has 0 radical (unpaired) electrons. The quantitative estimate of drug-likeness (QED) is 0.658. The van der Waals surface area contributed by atoms with Crippen LogP contribution in [0, 0.1) is 0 Å². The Morgan fingerprint density at radius 3 is 2.50 bits per heavy atom. The van der Waals surface area contributed by atoms with Gasteiger partial charge in [-0.25, -0.2) is 0 Å². The maximum Gasteiger partial charge on any atom is 0.251 e. The first kappa shape index (κ1) is 13.5. The van der Waals surface area contributed by atoms with E-state index in [1.807, 2.05) is 6.26 Å². The van der Waals surface area contributed by atoms with Crippen LogP contribution in [-0.2, 0) is 0 Å². The van der Waals surface area contributed by atoms with Crippen LogP contribution in [0.5, 0.6) is 0 Å². The molecule has 0 atom stereocenters. The van der Waals surface area contributed by atoms with Gasteiger partial charge >= 0.3 is 0 Å². The van der Waals surface area contributed by atoms with E-state index in [2.05, 4.69) is 5.32 Å². The fraction of sp³-hybridized carbons (Fsp3) is 0.300. The summed E-state index contributed by atoms with van der Waals surface area (Å²) in [7, 11) is 0. The van der Waals surface area contributed by atoms with Gasteiger partial charge in [-0.1, -0.05) is 23.2 Å². The normalized spacial score (nSPS) is 10.2. The van der Waals surface area contributed by atoms with Crippen LogP contribution >= 0.6 is 35.0 Å². The maximum atomic E-state index is 11.7. The van der Waals surface area contributed by atoms with Crippen LogP contribution < -0.4 is 11.1 Å². The van der Waals surface area contributed by atoms with Crippen LogP contribution in [-0.4, -0.2) is 24.5 Å². The van der Waals surface area contributed by atoms with Gasteiger partial charge in [0.2, 0.25) is 0 Å². The summed E-state index contributed by atoms with van der Waals surface area (Å²) in [6.45, 7) is 0.611. The van der Waals surface area contributed by atoms with Crippen LogP contribution in [0.1, 0.15) is 10.4 Å². The largest absolute Gasteiger partial charge is 0.396 e. The molecule has 1 aromatic rings. The van der Waals surface area contributed by atoms with E-state index in [9.17, 15) is 4.79 Å². The van der Waals surface area contributed by atoms with Crippen molar-refractivity contribution < 1.29 is 4.79 Å². The summed E-state index contributed by atoms with van der Waals surface area (Å²) in [5.41, 5.74) is 6.29. The van der Waals surface area contributed by atoms with E-state index < -0.39 is 0 Å². The van der Waals surface area contributed by atoms with Crippen molar-refractivity contribution in [1.82, 2.24) is 5.32 Å². The number of halogens is 2. The van der Waals surface area contributed by atoms with Crippen molar-refractivity contribution in [1.29, 1.82) is 0 Å². The van der Waals surface area contributed by atoms with Crippen molar-refractivity contribution in [3.63, 3.8) is 0 Å². The Balaban J connectivity index is 2.76. The van der Waals surface area contributed by atoms with Gasteiger partial charge < -0.3 is 11.1 Å². The molecule has 0 bridgehead atoms. The van der Waals surface area contributed by atoms with E-state index in [0.717, 1.165) is 5.75 Å². The van der Waals surface area contributed by atoms with E-state index in [-0.39, 0.29) is 5.91 Å². The third-order valence-electron chi connectivity index (χ3n) is 1.93. The van der Waals surface area contributed by atoms with Crippen LogP contribution in [0.2, 0.25) is 10.0 Å². The molecule has 1 amide bonds. The number of thioether (sulfide) groups is 1. The fourth-order valence-corrected chi connectivity index (χ4v) is 1.88. The number of benzene rings is 1. The summed E-state index contributed by atoms with van der Waals surface area (Å²) in [5.74, 6) is 0.667. The molecule has 0 fully saturated rings. The van der Waals surface area contributed by atoms with Crippen molar-refractivity contribution in [3.8, 4) is 0 Å². The van der Waals surface area contributed by atoms with Gasteiger partial charge in [0.25, 0.3) is 5.91 Å². The molecular weight excluding hydrogens is 267 g/mol. The molecule has 0 saturated heterocycles. The summed E-state index contributed by atoms with van der Waals surface area (Å²) < 4.78 is 0. The number of nitrogens with one attached hydrogen (secondary N) is 1. The molecule has 3 N–H and O–H groups in total. The predicted molar refractivity (Wildman–Crippen MR) is 71.6 cm³/mol. The van der Waals surface area contributed by atoms with E-state index >= 15 is 0 Å². The molecule has 6 heteroatoms. The van der Waals surface area contributed by atoms with Gasteiger partial charge in [-0.3, -0.25) is 4.79 Å². The minimum atomic E-state index is -0.196. The number of carbonyl (C=O) groups is 1. The molecule has 0 unspecified atom stereocenters. The third-order valence-corrected chi connectivity index (χ3v) is 3.17. The number of hydrogen-bond acceptors (Lipinski definition) is 3. The van der Waals surface area contributed by atoms with E-state index in [1.54, 1.807) is 11.8 Å². The lowest BCUT2D eigenvalue weighted by molar-refractivity contribution is 0.0956. The van der Waals surface area contributed by atoms with E-state index in [0.29, 0.717) is 27.8 Å². The summed E-state index contributed by atoms with van der Waals surface area (Å²) >= 11 is 13.3. The van der Waals surface area contributed by atoms with Gasteiger partial charge in [-0.15, -0.1) is 0 Å². The Labute approximate surface area is 109 Å². The number of rotatable bonds is 4. The molecule has 0 heterocycles. The molecule has 88 valence electrons. The SMILES string of the molecule is CSCCNC(=O)c1cc(Cl)c(N)c(Cl)c1. The van der Waals surface area contributed by atoms with Gasteiger partial charge in [0.1, 0.15) is 0 Å². The molecule has 1 aromatic carbocycles. The Morgan fingerprint density at radius 2 is 2.00 bits per heavy atom. The van der Waals surface area contributed by atoms with Crippen molar-refractivity contribution in [3.05, 3.63) is 27.7 Å². The lowest BCUT2D eigenvalue weighted by atomic mass is 10.2. The summed E-state index contributed by atoms with van der Waals surface area (Å²) in [5, 5.41) is 3.34. The molecule has 0 aromatic heterocycles. The zero-order chi connectivity index (χ0) is 12.1. The highest BCUT2D eigenvalue weighted by Gasteiger charge is 2.10. The van der Waals surface area contributed by atoms with Gasteiger partial charge in [0, 0.05) is 17.9 Å². The Morgan fingerprint density at radius 1 is 1.44 bits per heavy atom. The first-order chi connectivity index (χ1) is 7.56. The van der Waals surface area contributed by atoms with Crippen LogP contribution in [0.4, 0.5) is 5.69 Å². The monoisotopic (exact) mass is 278 g/mol. The van der Waals surface area contributed by atoms with E-state index in [1.165, 1.54) is 12.1 Å². The van der Waals surface area contributed by atoms with Gasteiger partial charge in [0.05, 0.1) is 15.7 Å². The number of amides is 1. The zero-order valence-electron chi connectivity index (χ0n) is 8.72. The summed E-state index contributed by atoms with van der Waals surface area (Å²) in [6, 6.07) is 3.02. The molecule has 1 rings (SSSR count). The van der Waals surface area contributed by atoms with Gasteiger partial charge in [0.15, 0.2) is 0 Å². The Bertz CT molecular complexity index is 375. The van der Waals surface area contributed by atoms with Crippen molar-refractivity contribution >= 4 is 46.6 Å². The first-order valence-corrected chi connectivity index (χ1v) is 6.73. The fourth-order valence-electron chi connectivity index (χ4n) is 1.08. The molecule has 0 spiro atoms. The molecular formula is C10H12Cl2N2OS.